The number of hydrogen-bond acceptors (Lipinski definition) is 6. The first-order valence-electron chi connectivity index (χ1n) is 5.91. The zero-order chi connectivity index (χ0) is 13.0. The van der Waals surface area contributed by atoms with Crippen LogP contribution in [-0.4, -0.2) is 22.0 Å². The van der Waals surface area contributed by atoms with Gasteiger partial charge >= 0.3 is 0 Å². The largest absolute Gasteiger partial charge is 0.373 e. The van der Waals surface area contributed by atoms with Crippen LogP contribution in [0.1, 0.15) is 22.4 Å². The second-order valence-electron chi connectivity index (χ2n) is 3.87. The van der Waals surface area contributed by atoms with Crippen molar-refractivity contribution in [3.8, 4) is 0 Å². The molecule has 2 rings (SSSR count). The fraction of sp³-hybridized carbons (Fsp3) is 0.417. The van der Waals surface area contributed by atoms with E-state index in [4.69, 9.17) is 0 Å². The predicted molar refractivity (Wildman–Crippen MR) is 75.1 cm³/mol. The van der Waals surface area contributed by atoms with Crippen molar-refractivity contribution >= 4 is 23.0 Å². The van der Waals surface area contributed by atoms with E-state index in [1.807, 2.05) is 13.2 Å². The Morgan fingerprint density at radius 2 is 2.00 bits per heavy atom. The van der Waals surface area contributed by atoms with E-state index >= 15 is 0 Å². The van der Waals surface area contributed by atoms with Crippen molar-refractivity contribution in [3.63, 3.8) is 0 Å². The molecule has 0 aliphatic heterocycles. The molecule has 0 saturated heterocycles. The molecule has 0 radical (unpaired) electrons. The molecule has 96 valence electrons. The average molecular weight is 263 g/mol. The molecule has 0 unspecified atom stereocenters. The molecule has 2 heterocycles. The van der Waals surface area contributed by atoms with Crippen LogP contribution < -0.4 is 10.6 Å². The van der Waals surface area contributed by atoms with Gasteiger partial charge in [0, 0.05) is 23.7 Å². The molecule has 0 fully saturated rings. The van der Waals surface area contributed by atoms with Gasteiger partial charge in [-0.05, 0) is 13.3 Å². The summed E-state index contributed by atoms with van der Waals surface area (Å²) in [7, 11) is 1.87. The predicted octanol–water partition coefficient (Wildman–Crippen LogP) is 2.46. The van der Waals surface area contributed by atoms with E-state index in [-0.39, 0.29) is 0 Å². The highest BCUT2D eigenvalue weighted by molar-refractivity contribution is 7.11. The van der Waals surface area contributed by atoms with Gasteiger partial charge in [0.15, 0.2) is 0 Å². The lowest BCUT2D eigenvalue weighted by Crippen LogP contribution is -2.07. The lowest BCUT2D eigenvalue weighted by atomic mass is 10.2. The van der Waals surface area contributed by atoms with Gasteiger partial charge in [-0.1, -0.05) is 6.92 Å². The molecule has 0 saturated carbocycles. The average Bonchev–Trinajstić information content (AvgIpc) is 2.81. The lowest BCUT2D eigenvalue weighted by molar-refractivity contribution is 1.00. The van der Waals surface area contributed by atoms with Gasteiger partial charge in [-0.2, -0.15) is 0 Å². The third kappa shape index (κ3) is 2.76. The molecule has 0 spiro atoms. The van der Waals surface area contributed by atoms with Crippen LogP contribution in [0.3, 0.4) is 0 Å². The second-order valence-corrected chi connectivity index (χ2v) is 5.19. The Balaban J connectivity index is 2.13. The highest BCUT2D eigenvalue weighted by atomic mass is 32.1. The molecule has 2 aromatic heterocycles. The number of rotatable bonds is 5. The van der Waals surface area contributed by atoms with Crippen molar-refractivity contribution in [1.82, 2.24) is 15.0 Å². The van der Waals surface area contributed by atoms with Gasteiger partial charge in [-0.15, -0.1) is 11.3 Å². The second kappa shape index (κ2) is 5.77. The van der Waals surface area contributed by atoms with Gasteiger partial charge < -0.3 is 10.6 Å². The first-order chi connectivity index (χ1) is 8.74. The molecule has 6 heteroatoms. The monoisotopic (exact) mass is 263 g/mol. The SMILES string of the molecule is CCc1c(NC)ncnc1NCc1ncc(C)s1. The number of hydrogen-bond donors (Lipinski definition) is 2. The van der Waals surface area contributed by atoms with Crippen LogP contribution in [0, 0.1) is 6.92 Å². The van der Waals surface area contributed by atoms with Gasteiger partial charge in [-0.3, -0.25) is 0 Å². The first kappa shape index (κ1) is 12.8. The maximum Gasteiger partial charge on any atom is 0.135 e. The third-order valence-corrected chi connectivity index (χ3v) is 3.52. The minimum atomic E-state index is 0.700. The maximum atomic E-state index is 4.33. The zero-order valence-corrected chi connectivity index (χ0v) is 11.6. The van der Waals surface area contributed by atoms with Crippen molar-refractivity contribution in [2.45, 2.75) is 26.8 Å². The van der Waals surface area contributed by atoms with Crippen LogP contribution in [0.15, 0.2) is 12.5 Å². The van der Waals surface area contributed by atoms with Crippen molar-refractivity contribution < 1.29 is 0 Å². The van der Waals surface area contributed by atoms with Crippen molar-refractivity contribution in [2.24, 2.45) is 0 Å². The third-order valence-electron chi connectivity index (χ3n) is 2.61. The van der Waals surface area contributed by atoms with Crippen LogP contribution in [0.5, 0.6) is 0 Å². The van der Waals surface area contributed by atoms with Crippen LogP contribution in [0.2, 0.25) is 0 Å². The first-order valence-corrected chi connectivity index (χ1v) is 6.73. The Morgan fingerprint density at radius 1 is 1.22 bits per heavy atom. The molecule has 0 aliphatic carbocycles. The molecule has 2 aromatic rings. The Labute approximate surface area is 111 Å². The Kier molecular flexibility index (Phi) is 4.09. The van der Waals surface area contributed by atoms with E-state index in [1.165, 1.54) is 4.88 Å². The number of nitrogens with one attached hydrogen (secondary N) is 2. The maximum absolute atomic E-state index is 4.33. The highest BCUT2D eigenvalue weighted by Gasteiger charge is 2.08. The zero-order valence-electron chi connectivity index (χ0n) is 10.8. The van der Waals surface area contributed by atoms with E-state index in [1.54, 1.807) is 17.7 Å². The molecular weight excluding hydrogens is 246 g/mol. The molecule has 0 aromatic carbocycles. The number of nitrogens with zero attached hydrogens (tertiary/aromatic N) is 3. The van der Waals surface area contributed by atoms with Gasteiger partial charge in [0.1, 0.15) is 23.0 Å². The number of aryl methyl sites for hydroxylation is 1. The standard InChI is InChI=1S/C12H17N5S/c1-4-9-11(13-3)16-7-17-12(9)15-6-10-14-5-8(2)18-10/h5,7H,4,6H2,1-3H3,(H2,13,15,16,17). The smallest absolute Gasteiger partial charge is 0.135 e. The lowest BCUT2D eigenvalue weighted by Gasteiger charge is -2.11. The van der Waals surface area contributed by atoms with E-state index in [0.29, 0.717) is 6.54 Å². The van der Waals surface area contributed by atoms with Crippen LogP contribution in [0.25, 0.3) is 0 Å². The number of anilines is 2. The van der Waals surface area contributed by atoms with Gasteiger partial charge in [0.25, 0.3) is 0 Å². The summed E-state index contributed by atoms with van der Waals surface area (Å²) >= 11 is 1.70. The fourth-order valence-corrected chi connectivity index (χ4v) is 2.48. The summed E-state index contributed by atoms with van der Waals surface area (Å²) in [6, 6.07) is 0. The minimum absolute atomic E-state index is 0.700. The van der Waals surface area contributed by atoms with E-state index in [9.17, 15) is 0 Å². The number of aromatic nitrogens is 3. The van der Waals surface area contributed by atoms with Crippen molar-refractivity contribution in [3.05, 3.63) is 28.0 Å². The minimum Gasteiger partial charge on any atom is -0.373 e. The molecular formula is C12H17N5S. The van der Waals surface area contributed by atoms with Gasteiger partial charge in [-0.25, -0.2) is 15.0 Å². The normalized spacial score (nSPS) is 10.4. The topological polar surface area (TPSA) is 62.7 Å². The summed E-state index contributed by atoms with van der Waals surface area (Å²) in [6.45, 7) is 4.85. The number of thiazole rings is 1. The summed E-state index contributed by atoms with van der Waals surface area (Å²) in [5, 5.41) is 7.48. The molecule has 2 N–H and O–H groups in total. The summed E-state index contributed by atoms with van der Waals surface area (Å²) in [6.07, 6.45) is 4.35. The Hall–Kier alpha value is -1.69. The van der Waals surface area contributed by atoms with E-state index in [0.717, 1.165) is 28.6 Å². The Morgan fingerprint density at radius 3 is 2.61 bits per heavy atom. The van der Waals surface area contributed by atoms with Crippen molar-refractivity contribution in [2.75, 3.05) is 17.7 Å². The van der Waals surface area contributed by atoms with Gasteiger partial charge in [0.05, 0.1) is 6.54 Å². The van der Waals surface area contributed by atoms with E-state index in [2.05, 4.69) is 39.4 Å². The quantitative estimate of drug-likeness (QED) is 0.867. The highest BCUT2D eigenvalue weighted by Crippen LogP contribution is 2.21. The molecule has 18 heavy (non-hydrogen) atoms. The van der Waals surface area contributed by atoms with Crippen LogP contribution in [-0.2, 0) is 13.0 Å². The molecule has 0 amide bonds. The summed E-state index contributed by atoms with van der Waals surface area (Å²) < 4.78 is 0. The van der Waals surface area contributed by atoms with Gasteiger partial charge in [0.2, 0.25) is 0 Å². The Bertz CT molecular complexity index is 523. The fourth-order valence-electron chi connectivity index (χ4n) is 1.76. The molecule has 0 bridgehead atoms. The van der Waals surface area contributed by atoms with E-state index < -0.39 is 0 Å². The van der Waals surface area contributed by atoms with Crippen LogP contribution in [0.4, 0.5) is 11.6 Å². The molecule has 5 nitrogen and oxygen atoms in total. The molecule has 0 atom stereocenters. The van der Waals surface area contributed by atoms with Crippen LogP contribution >= 0.6 is 11.3 Å². The summed E-state index contributed by atoms with van der Waals surface area (Å²) in [5.74, 6) is 1.76. The molecule has 0 aliphatic rings. The summed E-state index contributed by atoms with van der Waals surface area (Å²) in [5.41, 5.74) is 1.10. The van der Waals surface area contributed by atoms with Crippen molar-refractivity contribution in [1.29, 1.82) is 0 Å². The summed E-state index contributed by atoms with van der Waals surface area (Å²) in [4.78, 5) is 14.1.